The smallest absolute Gasteiger partial charge is 0.381 e. The zero-order valence-corrected chi connectivity index (χ0v) is 11.0. The number of ether oxygens (including phenoxy) is 1. The third-order valence-corrected chi connectivity index (χ3v) is 3.83. The van der Waals surface area contributed by atoms with E-state index in [1.54, 1.807) is 17.5 Å². The van der Waals surface area contributed by atoms with E-state index in [0.29, 0.717) is 30.9 Å². The van der Waals surface area contributed by atoms with E-state index in [1.165, 1.54) is 0 Å². The molecule has 2 heterocycles. The highest BCUT2D eigenvalue weighted by molar-refractivity contribution is 7.12. The van der Waals surface area contributed by atoms with E-state index in [4.69, 9.17) is 4.74 Å². The van der Waals surface area contributed by atoms with Gasteiger partial charge in [0, 0.05) is 19.3 Å². The molecule has 0 atom stereocenters. The van der Waals surface area contributed by atoms with Gasteiger partial charge in [0.1, 0.15) is 6.54 Å². The van der Waals surface area contributed by atoms with Crippen LogP contribution in [0.25, 0.3) is 0 Å². The molecular formula is C12H14F3NO2S. The second-order valence-electron chi connectivity index (χ2n) is 4.37. The van der Waals surface area contributed by atoms with Crippen molar-refractivity contribution in [2.24, 2.45) is 0 Å². The molecule has 0 N–H and O–H groups in total. The van der Waals surface area contributed by atoms with E-state index in [9.17, 15) is 18.0 Å². The summed E-state index contributed by atoms with van der Waals surface area (Å²) < 4.78 is 43.1. The van der Waals surface area contributed by atoms with E-state index in [1.807, 2.05) is 0 Å². The van der Waals surface area contributed by atoms with E-state index in [0.717, 1.165) is 16.2 Å². The van der Waals surface area contributed by atoms with Gasteiger partial charge in [0.2, 0.25) is 0 Å². The van der Waals surface area contributed by atoms with Crippen LogP contribution >= 0.6 is 11.3 Å². The molecule has 1 aromatic rings. The van der Waals surface area contributed by atoms with Crippen molar-refractivity contribution in [1.82, 2.24) is 4.90 Å². The highest BCUT2D eigenvalue weighted by atomic mass is 32.1. The standard InChI is InChI=1S/C12H14F3NO2S/c13-12(14,15)8-16(9-3-5-18-6-4-9)11(17)10-2-1-7-19-10/h1-2,7,9H,3-6,8H2. The van der Waals surface area contributed by atoms with E-state index in [-0.39, 0.29) is 0 Å². The molecule has 0 aliphatic carbocycles. The van der Waals surface area contributed by atoms with Gasteiger partial charge in [-0.15, -0.1) is 11.3 Å². The highest BCUT2D eigenvalue weighted by Crippen LogP contribution is 2.25. The highest BCUT2D eigenvalue weighted by Gasteiger charge is 2.37. The Hall–Kier alpha value is -1.08. The molecule has 0 bridgehead atoms. The maximum absolute atomic E-state index is 12.6. The van der Waals surface area contributed by atoms with Gasteiger partial charge in [0.25, 0.3) is 5.91 Å². The lowest BCUT2D eigenvalue weighted by molar-refractivity contribution is -0.147. The van der Waals surface area contributed by atoms with Crippen molar-refractivity contribution in [2.75, 3.05) is 19.8 Å². The Balaban J connectivity index is 2.15. The summed E-state index contributed by atoms with van der Waals surface area (Å²) in [4.78, 5) is 13.5. The summed E-state index contributed by atoms with van der Waals surface area (Å²) in [5.41, 5.74) is 0. The number of amides is 1. The van der Waals surface area contributed by atoms with Crippen LogP contribution in [0.1, 0.15) is 22.5 Å². The number of hydrogen-bond acceptors (Lipinski definition) is 3. The van der Waals surface area contributed by atoms with Crippen molar-refractivity contribution < 1.29 is 22.7 Å². The number of carbonyl (C=O) groups is 1. The summed E-state index contributed by atoms with van der Waals surface area (Å²) in [7, 11) is 0. The summed E-state index contributed by atoms with van der Waals surface area (Å²) in [6.07, 6.45) is -3.48. The molecule has 1 aliphatic heterocycles. The second-order valence-corrected chi connectivity index (χ2v) is 5.32. The predicted molar refractivity (Wildman–Crippen MR) is 65.3 cm³/mol. The minimum absolute atomic E-state index is 0.343. The number of nitrogens with zero attached hydrogens (tertiary/aromatic N) is 1. The largest absolute Gasteiger partial charge is 0.406 e. The van der Waals surface area contributed by atoms with Crippen LogP contribution in [0.2, 0.25) is 0 Å². The number of rotatable bonds is 3. The molecule has 0 aromatic carbocycles. The van der Waals surface area contributed by atoms with E-state index >= 15 is 0 Å². The quantitative estimate of drug-likeness (QED) is 0.857. The Kier molecular flexibility index (Phi) is 4.46. The van der Waals surface area contributed by atoms with Crippen molar-refractivity contribution in [3.8, 4) is 0 Å². The van der Waals surface area contributed by atoms with Crippen molar-refractivity contribution in [3.05, 3.63) is 22.4 Å². The van der Waals surface area contributed by atoms with Gasteiger partial charge in [0.15, 0.2) is 0 Å². The van der Waals surface area contributed by atoms with Crippen LogP contribution in [-0.4, -0.2) is 42.8 Å². The summed E-state index contributed by atoms with van der Waals surface area (Å²) in [5.74, 6) is -0.542. The van der Waals surface area contributed by atoms with Gasteiger partial charge in [-0.05, 0) is 24.3 Å². The number of carbonyl (C=O) groups excluding carboxylic acids is 1. The Labute approximate surface area is 113 Å². The van der Waals surface area contributed by atoms with Gasteiger partial charge in [-0.1, -0.05) is 6.07 Å². The molecule has 0 spiro atoms. The van der Waals surface area contributed by atoms with Gasteiger partial charge in [-0.25, -0.2) is 0 Å². The van der Waals surface area contributed by atoms with Gasteiger partial charge >= 0.3 is 6.18 Å². The van der Waals surface area contributed by atoms with Crippen LogP contribution in [0.15, 0.2) is 17.5 Å². The first-order valence-corrected chi connectivity index (χ1v) is 6.84. The lowest BCUT2D eigenvalue weighted by Crippen LogP contribution is -2.47. The normalized spacial score (nSPS) is 17.4. The summed E-state index contributed by atoms with van der Waals surface area (Å²) >= 11 is 1.16. The fourth-order valence-electron chi connectivity index (χ4n) is 2.10. The monoisotopic (exact) mass is 293 g/mol. The number of hydrogen-bond donors (Lipinski definition) is 0. The summed E-state index contributed by atoms with van der Waals surface area (Å²) in [5, 5.41) is 1.68. The Morgan fingerprint density at radius 3 is 2.63 bits per heavy atom. The van der Waals surface area contributed by atoms with Crippen LogP contribution in [0.3, 0.4) is 0 Å². The van der Waals surface area contributed by atoms with Crippen LogP contribution in [0.5, 0.6) is 0 Å². The van der Waals surface area contributed by atoms with Crippen LogP contribution in [-0.2, 0) is 4.74 Å². The zero-order chi connectivity index (χ0) is 13.9. The molecule has 19 heavy (non-hydrogen) atoms. The lowest BCUT2D eigenvalue weighted by Gasteiger charge is -2.34. The topological polar surface area (TPSA) is 29.5 Å². The molecule has 2 rings (SSSR count). The Morgan fingerprint density at radius 1 is 1.42 bits per heavy atom. The number of halogens is 3. The fraction of sp³-hybridized carbons (Fsp3) is 0.583. The van der Waals surface area contributed by atoms with Crippen molar-refractivity contribution in [3.63, 3.8) is 0 Å². The number of thiophene rings is 1. The van der Waals surface area contributed by atoms with E-state index < -0.39 is 24.7 Å². The van der Waals surface area contributed by atoms with Gasteiger partial charge < -0.3 is 9.64 Å². The average molecular weight is 293 g/mol. The molecule has 0 unspecified atom stereocenters. The first-order chi connectivity index (χ1) is 8.97. The SMILES string of the molecule is O=C(c1cccs1)N(CC(F)(F)F)C1CCOCC1. The van der Waals surface area contributed by atoms with Gasteiger partial charge in [0.05, 0.1) is 4.88 Å². The zero-order valence-electron chi connectivity index (χ0n) is 10.2. The predicted octanol–water partition coefficient (Wildman–Crippen LogP) is 2.93. The van der Waals surface area contributed by atoms with Crippen molar-refractivity contribution >= 4 is 17.2 Å². The molecule has 1 fully saturated rings. The van der Waals surface area contributed by atoms with Crippen LogP contribution in [0.4, 0.5) is 13.2 Å². The molecule has 7 heteroatoms. The third kappa shape index (κ3) is 3.94. The minimum atomic E-state index is -4.38. The first kappa shape index (κ1) is 14.3. The van der Waals surface area contributed by atoms with Crippen molar-refractivity contribution in [1.29, 1.82) is 0 Å². The molecule has 0 radical (unpaired) electrons. The van der Waals surface area contributed by atoms with Crippen molar-refractivity contribution in [2.45, 2.75) is 25.1 Å². The Bertz CT molecular complexity index is 413. The summed E-state index contributed by atoms with van der Waals surface area (Å²) in [6.45, 7) is -0.401. The maximum atomic E-state index is 12.6. The average Bonchev–Trinajstić information content (AvgIpc) is 2.89. The molecular weight excluding hydrogens is 279 g/mol. The molecule has 3 nitrogen and oxygen atoms in total. The molecule has 106 valence electrons. The molecule has 1 saturated heterocycles. The van der Waals surface area contributed by atoms with Crippen LogP contribution in [0, 0.1) is 0 Å². The van der Waals surface area contributed by atoms with Crippen LogP contribution < -0.4 is 0 Å². The van der Waals surface area contributed by atoms with Gasteiger partial charge in [-0.2, -0.15) is 13.2 Å². The first-order valence-electron chi connectivity index (χ1n) is 5.96. The minimum Gasteiger partial charge on any atom is -0.381 e. The molecule has 1 aliphatic rings. The lowest BCUT2D eigenvalue weighted by atomic mass is 10.1. The maximum Gasteiger partial charge on any atom is 0.406 e. The molecule has 1 amide bonds. The van der Waals surface area contributed by atoms with Gasteiger partial charge in [-0.3, -0.25) is 4.79 Å². The number of alkyl halides is 3. The summed E-state index contributed by atoms with van der Waals surface area (Å²) in [6, 6.07) is 2.81. The third-order valence-electron chi connectivity index (χ3n) is 2.97. The molecule has 0 saturated carbocycles. The van der Waals surface area contributed by atoms with E-state index in [2.05, 4.69) is 0 Å². The fourth-order valence-corrected chi connectivity index (χ4v) is 2.78. The Morgan fingerprint density at radius 2 is 2.11 bits per heavy atom. The second kappa shape index (κ2) is 5.92. The molecule has 1 aromatic heterocycles.